The highest BCUT2D eigenvalue weighted by atomic mass is 16.5. The first kappa shape index (κ1) is 24.6. The Morgan fingerprint density at radius 1 is 0.656 bits per heavy atom. The quantitative estimate of drug-likeness (QED) is 0.380. The lowest BCUT2D eigenvalue weighted by Gasteiger charge is -2.12. The van der Waals surface area contributed by atoms with Crippen LogP contribution in [0.25, 0.3) is 11.1 Å². The Bertz CT molecular complexity index is 928. The van der Waals surface area contributed by atoms with Crippen molar-refractivity contribution in [1.82, 2.24) is 0 Å². The molecule has 0 radical (unpaired) electrons. The lowest BCUT2D eigenvalue weighted by Crippen LogP contribution is -2.13. The Morgan fingerprint density at radius 3 is 1.34 bits per heavy atom. The Balaban J connectivity index is 2.47. The van der Waals surface area contributed by atoms with Gasteiger partial charge in [0.15, 0.2) is 0 Å². The van der Waals surface area contributed by atoms with Crippen molar-refractivity contribution in [1.29, 1.82) is 0 Å². The van der Waals surface area contributed by atoms with E-state index in [-0.39, 0.29) is 35.5 Å². The Hall–Kier alpha value is -3.68. The van der Waals surface area contributed by atoms with Crippen molar-refractivity contribution < 1.29 is 38.9 Å². The van der Waals surface area contributed by atoms with Gasteiger partial charge in [0.1, 0.15) is 0 Å². The third-order valence-electron chi connectivity index (χ3n) is 4.74. The van der Waals surface area contributed by atoms with E-state index in [1.807, 2.05) is 13.8 Å². The zero-order chi connectivity index (χ0) is 23.7. The SMILES string of the molecule is CCCCOC(=O)c1cc(-c2ccc(C(=O)O)c(C(=O)OCCCC)c2)ccc1C(=O)O. The van der Waals surface area contributed by atoms with Crippen LogP contribution in [0.1, 0.15) is 81.0 Å². The molecule has 8 heteroatoms. The minimum Gasteiger partial charge on any atom is -0.478 e. The lowest BCUT2D eigenvalue weighted by molar-refractivity contribution is 0.0483. The largest absolute Gasteiger partial charge is 0.478 e. The van der Waals surface area contributed by atoms with Crippen molar-refractivity contribution in [2.24, 2.45) is 0 Å². The topological polar surface area (TPSA) is 127 Å². The van der Waals surface area contributed by atoms with Gasteiger partial charge in [-0.1, -0.05) is 38.8 Å². The van der Waals surface area contributed by atoms with Crippen molar-refractivity contribution in [2.45, 2.75) is 39.5 Å². The van der Waals surface area contributed by atoms with E-state index in [0.717, 1.165) is 12.8 Å². The molecule has 0 aliphatic carbocycles. The van der Waals surface area contributed by atoms with Crippen LogP contribution in [0.2, 0.25) is 0 Å². The molecule has 0 aromatic heterocycles. The van der Waals surface area contributed by atoms with Crippen LogP contribution in [0.4, 0.5) is 0 Å². The van der Waals surface area contributed by atoms with Crippen LogP contribution >= 0.6 is 0 Å². The second-order valence-electron chi connectivity index (χ2n) is 7.11. The van der Waals surface area contributed by atoms with Gasteiger partial charge in [-0.05, 0) is 48.2 Å². The molecule has 0 unspecified atom stereocenters. The molecule has 8 nitrogen and oxygen atoms in total. The summed E-state index contributed by atoms with van der Waals surface area (Å²) in [6, 6.07) is 8.23. The highest BCUT2D eigenvalue weighted by Gasteiger charge is 2.22. The molecule has 2 N–H and O–H groups in total. The zero-order valence-corrected chi connectivity index (χ0v) is 18.1. The van der Waals surface area contributed by atoms with Gasteiger partial charge in [-0.3, -0.25) is 0 Å². The molecule has 2 rings (SSSR count). The van der Waals surface area contributed by atoms with Crippen LogP contribution in [-0.4, -0.2) is 47.3 Å². The average molecular weight is 442 g/mol. The van der Waals surface area contributed by atoms with E-state index in [1.165, 1.54) is 36.4 Å². The summed E-state index contributed by atoms with van der Waals surface area (Å²) in [5.41, 5.74) is 0.183. The molecule has 0 aliphatic rings. The second-order valence-corrected chi connectivity index (χ2v) is 7.11. The predicted octanol–water partition coefficient (Wildman–Crippen LogP) is 4.66. The first-order chi connectivity index (χ1) is 15.3. The molecule has 0 heterocycles. The van der Waals surface area contributed by atoms with Crippen LogP contribution < -0.4 is 0 Å². The minimum absolute atomic E-state index is 0.125. The molecular weight excluding hydrogens is 416 g/mol. The predicted molar refractivity (Wildman–Crippen MR) is 116 cm³/mol. The molecule has 2 aromatic rings. The van der Waals surface area contributed by atoms with E-state index in [0.29, 0.717) is 24.0 Å². The molecular formula is C24H26O8. The van der Waals surface area contributed by atoms with E-state index >= 15 is 0 Å². The molecule has 0 bridgehead atoms. The number of aromatic carboxylic acids is 2. The third kappa shape index (κ3) is 6.16. The molecule has 0 amide bonds. The Kier molecular flexibility index (Phi) is 8.95. The van der Waals surface area contributed by atoms with Crippen LogP contribution in [0.15, 0.2) is 36.4 Å². The average Bonchev–Trinajstić information content (AvgIpc) is 2.78. The van der Waals surface area contributed by atoms with Gasteiger partial charge in [0.2, 0.25) is 0 Å². The molecule has 0 atom stereocenters. The number of ether oxygens (including phenoxy) is 2. The second kappa shape index (κ2) is 11.6. The number of rotatable bonds is 11. The maximum atomic E-state index is 12.5. The maximum Gasteiger partial charge on any atom is 0.339 e. The number of unbranched alkanes of at least 4 members (excludes halogenated alkanes) is 2. The summed E-state index contributed by atoms with van der Waals surface area (Å²) in [6.07, 6.45) is 2.92. The van der Waals surface area contributed by atoms with Gasteiger partial charge in [0, 0.05) is 0 Å². The number of esters is 2. The monoisotopic (exact) mass is 442 g/mol. The number of hydrogen-bond acceptors (Lipinski definition) is 6. The first-order valence-corrected chi connectivity index (χ1v) is 10.4. The fourth-order valence-electron chi connectivity index (χ4n) is 2.93. The highest BCUT2D eigenvalue weighted by Crippen LogP contribution is 2.26. The molecule has 0 fully saturated rings. The minimum atomic E-state index is -1.28. The molecule has 32 heavy (non-hydrogen) atoms. The smallest absolute Gasteiger partial charge is 0.339 e. The number of hydrogen-bond donors (Lipinski definition) is 2. The number of benzene rings is 2. The lowest BCUT2D eigenvalue weighted by atomic mass is 9.96. The number of carboxylic acids is 2. The first-order valence-electron chi connectivity index (χ1n) is 10.4. The Morgan fingerprint density at radius 2 is 1.03 bits per heavy atom. The summed E-state index contributed by atoms with van der Waals surface area (Å²) in [6.45, 7) is 4.20. The van der Waals surface area contributed by atoms with Crippen LogP contribution in [0, 0.1) is 0 Å². The summed E-state index contributed by atoms with van der Waals surface area (Å²) in [4.78, 5) is 48.0. The molecule has 2 aromatic carbocycles. The fraction of sp³-hybridized carbons (Fsp3) is 0.333. The van der Waals surface area contributed by atoms with Gasteiger partial charge >= 0.3 is 23.9 Å². The van der Waals surface area contributed by atoms with Gasteiger partial charge in [-0.15, -0.1) is 0 Å². The van der Waals surface area contributed by atoms with Crippen LogP contribution in [0.3, 0.4) is 0 Å². The molecule has 0 spiro atoms. The van der Waals surface area contributed by atoms with Gasteiger partial charge in [0.05, 0.1) is 35.5 Å². The number of carbonyl (C=O) groups is 4. The Labute approximate surface area is 185 Å². The van der Waals surface area contributed by atoms with Gasteiger partial charge in [-0.2, -0.15) is 0 Å². The molecule has 0 aliphatic heterocycles. The van der Waals surface area contributed by atoms with E-state index in [2.05, 4.69) is 0 Å². The highest BCUT2D eigenvalue weighted by molar-refractivity contribution is 6.05. The summed E-state index contributed by atoms with van der Waals surface area (Å²) < 4.78 is 10.3. The van der Waals surface area contributed by atoms with Crippen molar-refractivity contribution in [2.75, 3.05) is 13.2 Å². The van der Waals surface area contributed by atoms with E-state index in [9.17, 15) is 29.4 Å². The maximum absolute atomic E-state index is 12.5. The van der Waals surface area contributed by atoms with Crippen LogP contribution in [-0.2, 0) is 9.47 Å². The standard InChI is InChI=1S/C24H26O8/c1-3-5-11-31-23(29)19-13-15(7-9-17(19)21(25)26)16-8-10-18(22(27)28)20(14-16)24(30)32-12-6-4-2/h7-10,13-14H,3-6,11-12H2,1-2H3,(H,25,26)(H,27,28). The molecule has 170 valence electrons. The molecule has 0 saturated heterocycles. The number of carbonyl (C=O) groups excluding carboxylic acids is 2. The van der Waals surface area contributed by atoms with Crippen molar-refractivity contribution in [3.05, 3.63) is 58.7 Å². The summed E-state index contributed by atoms with van der Waals surface area (Å²) in [5.74, 6) is -4.08. The van der Waals surface area contributed by atoms with Crippen molar-refractivity contribution in [3.8, 4) is 11.1 Å². The van der Waals surface area contributed by atoms with Crippen LogP contribution in [0.5, 0.6) is 0 Å². The van der Waals surface area contributed by atoms with E-state index in [4.69, 9.17) is 9.47 Å². The zero-order valence-electron chi connectivity index (χ0n) is 18.1. The number of carboxylic acid groups (broad SMARTS) is 2. The third-order valence-corrected chi connectivity index (χ3v) is 4.74. The van der Waals surface area contributed by atoms with Crippen molar-refractivity contribution in [3.63, 3.8) is 0 Å². The molecule has 0 saturated carbocycles. The van der Waals surface area contributed by atoms with Gasteiger partial charge < -0.3 is 19.7 Å². The summed E-state index contributed by atoms with van der Waals surface area (Å²) in [5, 5.41) is 18.9. The van der Waals surface area contributed by atoms with E-state index in [1.54, 1.807) is 0 Å². The van der Waals surface area contributed by atoms with Gasteiger partial charge in [-0.25, -0.2) is 19.2 Å². The normalized spacial score (nSPS) is 10.4. The van der Waals surface area contributed by atoms with Crippen molar-refractivity contribution >= 4 is 23.9 Å². The summed E-state index contributed by atoms with van der Waals surface area (Å²) >= 11 is 0. The van der Waals surface area contributed by atoms with E-state index < -0.39 is 23.9 Å². The fourth-order valence-corrected chi connectivity index (χ4v) is 2.93. The summed E-state index contributed by atoms with van der Waals surface area (Å²) in [7, 11) is 0. The van der Waals surface area contributed by atoms with Gasteiger partial charge in [0.25, 0.3) is 0 Å².